The van der Waals surface area contributed by atoms with E-state index in [-0.39, 0.29) is 5.96 Å². The van der Waals surface area contributed by atoms with Crippen molar-refractivity contribution in [2.45, 2.75) is 19.3 Å². The van der Waals surface area contributed by atoms with Crippen LogP contribution in [0, 0.1) is 5.41 Å². The number of guanidine groups is 1. The first-order valence-electron chi connectivity index (χ1n) is 3.39. The van der Waals surface area contributed by atoms with Crippen LogP contribution in [-0.2, 0) is 0 Å². The van der Waals surface area contributed by atoms with E-state index in [0.717, 1.165) is 13.1 Å². The summed E-state index contributed by atoms with van der Waals surface area (Å²) in [6.45, 7) is 1.96. The maximum absolute atomic E-state index is 7.09. The Hall–Kier alpha value is -0.730. The monoisotopic (exact) mass is 126 g/mol. The largest absolute Gasteiger partial charge is 0.370 e. The van der Waals surface area contributed by atoms with Crippen molar-refractivity contribution in [1.82, 2.24) is 4.90 Å². The summed E-state index contributed by atoms with van der Waals surface area (Å²) in [6, 6.07) is 0. The molecule has 3 N–H and O–H groups in total. The Labute approximate surface area is 55.3 Å². The van der Waals surface area contributed by atoms with Gasteiger partial charge in [0.05, 0.1) is 0 Å². The second-order valence-electron chi connectivity index (χ2n) is 2.43. The summed E-state index contributed by atoms with van der Waals surface area (Å²) in [7, 11) is 0. The maximum Gasteiger partial charge on any atom is 0.188 e. The Morgan fingerprint density at radius 2 is 1.78 bits per heavy atom. The van der Waals surface area contributed by atoms with Gasteiger partial charge in [-0.15, -0.1) is 0 Å². The standard InChI is InChI=1S/C6H13N3/c7-6(8)9-4-2-1-3-5-9/h1-5H2,(H3,7,8)/i6-1. The van der Waals surface area contributed by atoms with E-state index in [0.29, 0.717) is 0 Å². The van der Waals surface area contributed by atoms with Crippen LogP contribution in [0.15, 0.2) is 0 Å². The number of piperidine rings is 1. The predicted molar refractivity (Wildman–Crippen MR) is 37.3 cm³/mol. The van der Waals surface area contributed by atoms with Crippen LogP contribution in [-0.4, -0.2) is 23.9 Å². The highest BCUT2D eigenvalue weighted by Crippen LogP contribution is 2.06. The number of nitrogens with zero attached hydrogens (tertiary/aromatic N) is 1. The van der Waals surface area contributed by atoms with Crippen LogP contribution in [0.1, 0.15) is 19.3 Å². The molecule has 3 heteroatoms. The summed E-state index contributed by atoms with van der Waals surface area (Å²) in [4.78, 5) is 1.92. The van der Waals surface area contributed by atoms with Crippen molar-refractivity contribution in [2.24, 2.45) is 5.73 Å². The summed E-state index contributed by atoms with van der Waals surface area (Å²) in [6.07, 6.45) is 3.68. The second-order valence-corrected chi connectivity index (χ2v) is 2.43. The molecular formula is C6H13N3. The summed E-state index contributed by atoms with van der Waals surface area (Å²) in [5.41, 5.74) is 5.28. The minimum Gasteiger partial charge on any atom is -0.370 e. The van der Waals surface area contributed by atoms with Crippen molar-refractivity contribution >= 4 is 5.96 Å². The third-order valence-corrected chi connectivity index (χ3v) is 1.70. The zero-order chi connectivity index (χ0) is 6.69. The average Bonchev–Trinajstić information content (AvgIpc) is 1.90. The van der Waals surface area contributed by atoms with Crippen LogP contribution in [0.5, 0.6) is 0 Å². The van der Waals surface area contributed by atoms with Gasteiger partial charge in [-0.2, -0.15) is 0 Å². The predicted octanol–water partition coefficient (Wildman–Crippen LogP) is 0.366. The third-order valence-electron chi connectivity index (χ3n) is 1.70. The van der Waals surface area contributed by atoms with E-state index in [1.54, 1.807) is 0 Å². The fourth-order valence-electron chi connectivity index (χ4n) is 1.13. The number of likely N-dealkylation sites (tertiary alicyclic amines) is 1. The highest BCUT2D eigenvalue weighted by atomic mass is 15.1. The fraction of sp³-hybridized carbons (Fsp3) is 0.833. The van der Waals surface area contributed by atoms with Crippen molar-refractivity contribution in [3.63, 3.8) is 0 Å². The number of nitrogens with one attached hydrogen (secondary N) is 1. The lowest BCUT2D eigenvalue weighted by atomic mass is 10.1. The van der Waals surface area contributed by atoms with Crippen molar-refractivity contribution < 1.29 is 0 Å². The quantitative estimate of drug-likeness (QED) is 0.364. The van der Waals surface area contributed by atoms with Crippen LogP contribution in [0.2, 0.25) is 0 Å². The number of rotatable bonds is 0. The number of nitrogens with two attached hydrogens (primary N) is 1. The van der Waals surface area contributed by atoms with E-state index in [1.807, 2.05) is 4.90 Å². The van der Waals surface area contributed by atoms with Gasteiger partial charge >= 0.3 is 0 Å². The van der Waals surface area contributed by atoms with Crippen molar-refractivity contribution in [3.05, 3.63) is 0 Å². The van der Waals surface area contributed by atoms with E-state index in [2.05, 4.69) is 0 Å². The Morgan fingerprint density at radius 1 is 1.22 bits per heavy atom. The minimum atomic E-state index is 0.231. The molecule has 1 saturated heterocycles. The van der Waals surface area contributed by atoms with Gasteiger partial charge in [-0.25, -0.2) is 0 Å². The molecular weight excluding hydrogens is 113 g/mol. The topological polar surface area (TPSA) is 53.1 Å². The number of hydrogen-bond donors (Lipinski definition) is 2. The molecule has 0 bridgehead atoms. The van der Waals surface area contributed by atoms with Crippen molar-refractivity contribution in [3.8, 4) is 0 Å². The smallest absolute Gasteiger partial charge is 0.188 e. The van der Waals surface area contributed by atoms with Gasteiger partial charge in [0.1, 0.15) is 0 Å². The molecule has 0 saturated carbocycles. The third kappa shape index (κ3) is 1.59. The molecule has 1 heterocycles. The summed E-state index contributed by atoms with van der Waals surface area (Å²) < 4.78 is 0. The van der Waals surface area contributed by atoms with Gasteiger partial charge in [0.25, 0.3) is 0 Å². The molecule has 1 rings (SSSR count). The summed E-state index contributed by atoms with van der Waals surface area (Å²) >= 11 is 0. The van der Waals surface area contributed by atoms with E-state index < -0.39 is 0 Å². The average molecular weight is 126 g/mol. The first-order chi connectivity index (χ1) is 4.30. The zero-order valence-electron chi connectivity index (χ0n) is 5.56. The minimum absolute atomic E-state index is 0.231. The van der Waals surface area contributed by atoms with Crippen LogP contribution < -0.4 is 5.73 Å². The molecule has 0 spiro atoms. The molecule has 1 fully saturated rings. The first kappa shape index (κ1) is 6.39. The summed E-state index contributed by atoms with van der Waals surface area (Å²) in [5.74, 6) is 0.231. The lowest BCUT2D eigenvalue weighted by Crippen LogP contribution is -2.39. The highest BCUT2D eigenvalue weighted by molar-refractivity contribution is 5.74. The van der Waals surface area contributed by atoms with E-state index in [1.165, 1.54) is 19.3 Å². The van der Waals surface area contributed by atoms with Gasteiger partial charge in [0, 0.05) is 13.1 Å². The lowest BCUT2D eigenvalue weighted by Gasteiger charge is -2.26. The second kappa shape index (κ2) is 2.71. The molecule has 3 nitrogen and oxygen atoms in total. The van der Waals surface area contributed by atoms with Crippen LogP contribution in [0.3, 0.4) is 0 Å². The Morgan fingerprint density at radius 3 is 2.11 bits per heavy atom. The number of hydrogen-bond acceptors (Lipinski definition) is 1. The normalized spacial score (nSPS) is 19.8. The molecule has 0 atom stereocenters. The van der Waals surface area contributed by atoms with Gasteiger partial charge in [-0.3, -0.25) is 5.41 Å². The fourth-order valence-corrected chi connectivity index (χ4v) is 1.13. The zero-order valence-corrected chi connectivity index (χ0v) is 5.56. The summed E-state index contributed by atoms with van der Waals surface area (Å²) in [5, 5.41) is 7.09. The van der Waals surface area contributed by atoms with Gasteiger partial charge in [0.2, 0.25) is 0 Å². The molecule has 9 heavy (non-hydrogen) atoms. The van der Waals surface area contributed by atoms with Crippen molar-refractivity contribution in [2.75, 3.05) is 13.1 Å². The molecule has 0 aliphatic carbocycles. The molecule has 1 aliphatic rings. The van der Waals surface area contributed by atoms with E-state index in [9.17, 15) is 0 Å². The first-order valence-corrected chi connectivity index (χ1v) is 3.39. The Balaban J connectivity index is 2.31. The maximum atomic E-state index is 7.09. The van der Waals surface area contributed by atoms with Gasteiger partial charge in [-0.1, -0.05) is 0 Å². The van der Waals surface area contributed by atoms with Crippen LogP contribution in [0.25, 0.3) is 0 Å². The molecule has 0 aromatic heterocycles. The van der Waals surface area contributed by atoms with Crippen molar-refractivity contribution in [1.29, 1.82) is 5.41 Å². The SMILES string of the molecule is N=[11C](N)N1CCCCC1. The molecule has 0 aromatic rings. The molecule has 1 aliphatic heterocycles. The highest BCUT2D eigenvalue weighted by Gasteiger charge is 2.09. The van der Waals surface area contributed by atoms with Crippen LogP contribution >= 0.6 is 0 Å². The Bertz CT molecular complexity index is 105. The Kier molecular flexibility index (Phi) is 1.92. The lowest BCUT2D eigenvalue weighted by molar-refractivity contribution is 0.337. The molecule has 0 radical (unpaired) electrons. The molecule has 0 aromatic carbocycles. The van der Waals surface area contributed by atoms with Crippen LogP contribution in [0.4, 0.5) is 0 Å². The van der Waals surface area contributed by atoms with E-state index >= 15 is 0 Å². The molecule has 52 valence electrons. The molecule has 0 amide bonds. The van der Waals surface area contributed by atoms with Gasteiger partial charge < -0.3 is 10.6 Å². The van der Waals surface area contributed by atoms with Gasteiger partial charge in [0.15, 0.2) is 5.96 Å². The van der Waals surface area contributed by atoms with Gasteiger partial charge in [-0.05, 0) is 19.3 Å². The van der Waals surface area contributed by atoms with E-state index in [4.69, 9.17) is 11.1 Å². The molecule has 0 unspecified atom stereocenters.